The lowest BCUT2D eigenvalue weighted by Crippen LogP contribution is -2.21. The Kier molecular flexibility index (Phi) is 3.08. The smallest absolute Gasteiger partial charge is 0.136 e. The van der Waals surface area contributed by atoms with Gasteiger partial charge in [0.05, 0.1) is 5.69 Å². The van der Waals surface area contributed by atoms with Gasteiger partial charge in [0.25, 0.3) is 0 Å². The van der Waals surface area contributed by atoms with E-state index in [0.717, 1.165) is 30.4 Å². The van der Waals surface area contributed by atoms with Crippen molar-refractivity contribution in [1.82, 2.24) is 15.3 Å². The Bertz CT molecular complexity index is 418. The molecule has 1 aromatic rings. The molecular formula is C13H22N4. The summed E-state index contributed by atoms with van der Waals surface area (Å²) >= 11 is 0. The lowest BCUT2D eigenvalue weighted by atomic mass is 9.95. The topological polar surface area (TPSA) is 49.8 Å². The summed E-state index contributed by atoms with van der Waals surface area (Å²) in [5.41, 5.74) is 2.37. The average molecular weight is 234 g/mol. The molecule has 0 amide bonds. The fourth-order valence-corrected chi connectivity index (χ4v) is 1.90. The van der Waals surface area contributed by atoms with Crippen molar-refractivity contribution >= 4 is 5.82 Å². The summed E-state index contributed by atoms with van der Waals surface area (Å²) in [5, 5.41) is 6.76. The Hall–Kier alpha value is -1.16. The van der Waals surface area contributed by atoms with Crippen LogP contribution in [-0.2, 0) is 18.5 Å². The molecule has 0 unspecified atom stereocenters. The Morgan fingerprint density at radius 1 is 1.18 bits per heavy atom. The number of nitrogens with zero attached hydrogens (tertiary/aromatic N) is 2. The highest BCUT2D eigenvalue weighted by Gasteiger charge is 2.24. The van der Waals surface area contributed by atoms with Crippen molar-refractivity contribution in [3.05, 3.63) is 17.1 Å². The maximum absolute atomic E-state index is 4.69. The third kappa shape index (κ3) is 2.57. The van der Waals surface area contributed by atoms with Gasteiger partial charge in [-0.15, -0.1) is 0 Å². The summed E-state index contributed by atoms with van der Waals surface area (Å²) < 4.78 is 0. The summed E-state index contributed by atoms with van der Waals surface area (Å²) in [5.74, 6) is 1.92. The number of nitrogens with one attached hydrogen (secondary N) is 2. The van der Waals surface area contributed by atoms with Gasteiger partial charge in [0.15, 0.2) is 0 Å². The van der Waals surface area contributed by atoms with Gasteiger partial charge >= 0.3 is 0 Å². The first-order valence-corrected chi connectivity index (χ1v) is 6.25. The predicted molar refractivity (Wildman–Crippen MR) is 70.0 cm³/mol. The number of hydrogen-bond donors (Lipinski definition) is 2. The maximum atomic E-state index is 4.69. The van der Waals surface area contributed by atoms with E-state index in [2.05, 4.69) is 50.2 Å². The van der Waals surface area contributed by atoms with Gasteiger partial charge in [0.1, 0.15) is 11.6 Å². The molecule has 2 N–H and O–H groups in total. The van der Waals surface area contributed by atoms with Crippen molar-refractivity contribution in [2.45, 2.75) is 59.2 Å². The van der Waals surface area contributed by atoms with E-state index in [-0.39, 0.29) is 5.41 Å². The molecule has 0 radical (unpaired) electrons. The second-order valence-corrected chi connectivity index (χ2v) is 5.97. The molecule has 0 spiro atoms. The van der Waals surface area contributed by atoms with Gasteiger partial charge in [-0.1, -0.05) is 20.8 Å². The predicted octanol–water partition coefficient (Wildman–Crippen LogP) is 2.20. The van der Waals surface area contributed by atoms with Gasteiger partial charge in [0.2, 0.25) is 0 Å². The van der Waals surface area contributed by atoms with Gasteiger partial charge in [-0.05, 0) is 13.8 Å². The largest absolute Gasteiger partial charge is 0.368 e. The van der Waals surface area contributed by atoms with Crippen molar-refractivity contribution in [1.29, 1.82) is 0 Å². The molecule has 0 fully saturated rings. The highest BCUT2D eigenvalue weighted by molar-refractivity contribution is 5.49. The summed E-state index contributed by atoms with van der Waals surface area (Å²) in [6.45, 7) is 12.4. The SMILES string of the molecule is CC(C)Nc1nc(C(C)(C)C)nc2c1CNC2. The highest BCUT2D eigenvalue weighted by atomic mass is 15.1. The second kappa shape index (κ2) is 4.26. The standard InChI is InChI=1S/C13H22N4/c1-8(2)15-11-9-6-14-7-10(9)16-12(17-11)13(3,4)5/h8,14H,6-7H2,1-5H3,(H,15,16,17). The summed E-state index contributed by atoms with van der Waals surface area (Å²) in [6.07, 6.45) is 0. The Balaban J connectivity index is 2.46. The maximum Gasteiger partial charge on any atom is 0.136 e. The van der Waals surface area contributed by atoms with Crippen LogP contribution in [0.15, 0.2) is 0 Å². The summed E-state index contributed by atoms with van der Waals surface area (Å²) in [4.78, 5) is 9.37. The fraction of sp³-hybridized carbons (Fsp3) is 0.692. The number of anilines is 1. The van der Waals surface area contributed by atoms with Gasteiger partial charge in [-0.2, -0.15) is 0 Å². The molecule has 1 aliphatic rings. The zero-order valence-corrected chi connectivity index (χ0v) is 11.4. The Morgan fingerprint density at radius 3 is 2.47 bits per heavy atom. The van der Waals surface area contributed by atoms with Gasteiger partial charge in [-0.25, -0.2) is 9.97 Å². The van der Waals surface area contributed by atoms with E-state index in [0.29, 0.717) is 6.04 Å². The number of aromatic nitrogens is 2. The third-order valence-electron chi connectivity index (χ3n) is 2.78. The average Bonchev–Trinajstić information content (AvgIpc) is 2.62. The van der Waals surface area contributed by atoms with Crippen molar-refractivity contribution < 1.29 is 0 Å². The van der Waals surface area contributed by atoms with Crippen LogP contribution in [0.1, 0.15) is 51.7 Å². The van der Waals surface area contributed by atoms with E-state index in [1.807, 2.05) is 0 Å². The van der Waals surface area contributed by atoms with Crippen molar-refractivity contribution in [3.63, 3.8) is 0 Å². The number of rotatable bonds is 2. The third-order valence-corrected chi connectivity index (χ3v) is 2.78. The van der Waals surface area contributed by atoms with E-state index < -0.39 is 0 Å². The lowest BCUT2D eigenvalue weighted by molar-refractivity contribution is 0.542. The molecule has 0 atom stereocenters. The van der Waals surface area contributed by atoms with Crippen LogP contribution in [0.5, 0.6) is 0 Å². The van der Waals surface area contributed by atoms with Crippen LogP contribution < -0.4 is 10.6 Å². The molecule has 2 rings (SSSR count). The molecule has 94 valence electrons. The molecular weight excluding hydrogens is 212 g/mol. The van der Waals surface area contributed by atoms with Crippen LogP contribution >= 0.6 is 0 Å². The van der Waals surface area contributed by atoms with Crippen LogP contribution in [0.4, 0.5) is 5.82 Å². The molecule has 0 aromatic carbocycles. The molecule has 0 saturated carbocycles. The lowest BCUT2D eigenvalue weighted by Gasteiger charge is -2.20. The minimum Gasteiger partial charge on any atom is -0.368 e. The molecule has 1 aromatic heterocycles. The van der Waals surface area contributed by atoms with Crippen molar-refractivity contribution in [2.24, 2.45) is 0 Å². The monoisotopic (exact) mass is 234 g/mol. The van der Waals surface area contributed by atoms with E-state index >= 15 is 0 Å². The van der Waals surface area contributed by atoms with E-state index in [1.165, 1.54) is 5.56 Å². The number of fused-ring (bicyclic) bond motifs is 1. The summed E-state index contributed by atoms with van der Waals surface area (Å²) in [7, 11) is 0. The molecule has 0 aliphatic carbocycles. The zero-order valence-electron chi connectivity index (χ0n) is 11.4. The van der Waals surface area contributed by atoms with Crippen molar-refractivity contribution in [3.8, 4) is 0 Å². The van der Waals surface area contributed by atoms with Crippen LogP contribution in [0.2, 0.25) is 0 Å². The van der Waals surface area contributed by atoms with E-state index in [9.17, 15) is 0 Å². The van der Waals surface area contributed by atoms with Gasteiger partial charge in [-0.3, -0.25) is 0 Å². The van der Waals surface area contributed by atoms with Crippen molar-refractivity contribution in [2.75, 3.05) is 5.32 Å². The molecule has 17 heavy (non-hydrogen) atoms. The first kappa shape index (κ1) is 12.3. The van der Waals surface area contributed by atoms with Crippen LogP contribution in [0, 0.1) is 0 Å². The fourth-order valence-electron chi connectivity index (χ4n) is 1.90. The molecule has 4 heteroatoms. The number of hydrogen-bond acceptors (Lipinski definition) is 4. The molecule has 2 heterocycles. The van der Waals surface area contributed by atoms with Crippen LogP contribution in [0.3, 0.4) is 0 Å². The van der Waals surface area contributed by atoms with Gasteiger partial charge < -0.3 is 10.6 Å². The summed E-state index contributed by atoms with van der Waals surface area (Å²) in [6, 6.07) is 0.391. The molecule has 1 aliphatic heterocycles. The van der Waals surface area contributed by atoms with Crippen LogP contribution in [-0.4, -0.2) is 16.0 Å². The first-order chi connectivity index (χ1) is 7.88. The second-order valence-electron chi connectivity index (χ2n) is 5.97. The highest BCUT2D eigenvalue weighted by Crippen LogP contribution is 2.26. The first-order valence-electron chi connectivity index (χ1n) is 6.25. The van der Waals surface area contributed by atoms with E-state index in [4.69, 9.17) is 4.98 Å². The Labute approximate surface area is 103 Å². The molecule has 0 saturated heterocycles. The normalized spacial score (nSPS) is 15.2. The zero-order chi connectivity index (χ0) is 12.6. The Morgan fingerprint density at radius 2 is 1.88 bits per heavy atom. The van der Waals surface area contributed by atoms with E-state index in [1.54, 1.807) is 0 Å². The minimum absolute atomic E-state index is 0.00890. The molecule has 4 nitrogen and oxygen atoms in total. The van der Waals surface area contributed by atoms with Gasteiger partial charge in [0, 0.05) is 30.1 Å². The molecule has 0 bridgehead atoms. The minimum atomic E-state index is -0.00890. The van der Waals surface area contributed by atoms with Crippen LogP contribution in [0.25, 0.3) is 0 Å². The quantitative estimate of drug-likeness (QED) is 0.823.